The Kier molecular flexibility index (Phi) is 6.49. The lowest BCUT2D eigenvalue weighted by molar-refractivity contribution is -0.118. The Hall–Kier alpha value is -2.21. The Morgan fingerprint density at radius 2 is 1.71 bits per heavy atom. The van der Waals surface area contributed by atoms with E-state index in [1.807, 2.05) is 6.92 Å². The average molecular weight is 393 g/mol. The van der Waals surface area contributed by atoms with Gasteiger partial charge in [0.15, 0.2) is 0 Å². The van der Waals surface area contributed by atoms with E-state index in [1.54, 1.807) is 41.3 Å². The zero-order valence-corrected chi connectivity index (χ0v) is 14.8. The van der Waals surface area contributed by atoms with Crippen LogP contribution in [0.4, 0.5) is 10.1 Å². The Bertz CT molecular complexity index is 702. The Morgan fingerprint density at radius 3 is 2.29 bits per heavy atom. The number of hydrogen-bond donors (Lipinski definition) is 1. The van der Waals surface area contributed by atoms with Crippen molar-refractivity contribution in [2.75, 3.05) is 18.0 Å². The van der Waals surface area contributed by atoms with Gasteiger partial charge in [-0.3, -0.25) is 9.59 Å². The summed E-state index contributed by atoms with van der Waals surface area (Å²) in [5.74, 6) is -0.690. The highest BCUT2D eigenvalue weighted by atomic mass is 79.9. The first-order valence-electron chi connectivity index (χ1n) is 7.61. The number of rotatable bonds is 6. The van der Waals surface area contributed by atoms with Crippen molar-refractivity contribution in [3.05, 3.63) is 64.4 Å². The van der Waals surface area contributed by atoms with Crippen molar-refractivity contribution in [2.24, 2.45) is 0 Å². The molecule has 2 amide bonds. The van der Waals surface area contributed by atoms with Crippen molar-refractivity contribution in [2.45, 2.75) is 13.3 Å². The van der Waals surface area contributed by atoms with Gasteiger partial charge < -0.3 is 10.2 Å². The number of amides is 2. The second-order valence-corrected chi connectivity index (χ2v) is 6.04. The van der Waals surface area contributed by atoms with E-state index in [0.717, 1.165) is 4.47 Å². The Labute approximate surface area is 148 Å². The van der Waals surface area contributed by atoms with Crippen molar-refractivity contribution < 1.29 is 14.0 Å². The van der Waals surface area contributed by atoms with Gasteiger partial charge in [0.05, 0.1) is 0 Å². The molecule has 2 aromatic carbocycles. The maximum absolute atomic E-state index is 13.0. The number of nitrogens with zero attached hydrogens (tertiary/aromatic N) is 1. The van der Waals surface area contributed by atoms with Crippen LogP contribution in [0.5, 0.6) is 0 Å². The molecular formula is C18H18BrFN2O2. The monoisotopic (exact) mass is 392 g/mol. The zero-order valence-electron chi connectivity index (χ0n) is 13.3. The van der Waals surface area contributed by atoms with Crippen molar-refractivity contribution >= 4 is 33.4 Å². The smallest absolute Gasteiger partial charge is 0.251 e. The fourth-order valence-corrected chi connectivity index (χ4v) is 2.51. The van der Waals surface area contributed by atoms with Gasteiger partial charge in [0.2, 0.25) is 5.91 Å². The molecule has 126 valence electrons. The second kappa shape index (κ2) is 8.59. The van der Waals surface area contributed by atoms with Crippen molar-refractivity contribution in [1.29, 1.82) is 0 Å². The van der Waals surface area contributed by atoms with Crippen LogP contribution in [0.1, 0.15) is 23.7 Å². The number of anilines is 1. The van der Waals surface area contributed by atoms with Crippen LogP contribution in [0.2, 0.25) is 0 Å². The molecule has 0 heterocycles. The highest BCUT2D eigenvalue weighted by Gasteiger charge is 2.14. The maximum Gasteiger partial charge on any atom is 0.251 e. The second-order valence-electron chi connectivity index (χ2n) is 5.13. The van der Waals surface area contributed by atoms with Gasteiger partial charge in [-0.2, -0.15) is 0 Å². The third-order valence-corrected chi connectivity index (χ3v) is 4.02. The molecule has 0 saturated heterocycles. The normalized spacial score (nSPS) is 10.3. The fraction of sp³-hybridized carbons (Fsp3) is 0.222. The topological polar surface area (TPSA) is 49.4 Å². The summed E-state index contributed by atoms with van der Waals surface area (Å²) in [5.41, 5.74) is 1.18. The van der Waals surface area contributed by atoms with Crippen LogP contribution >= 0.6 is 15.9 Å². The predicted molar refractivity (Wildman–Crippen MR) is 95.5 cm³/mol. The quantitative estimate of drug-likeness (QED) is 0.813. The van der Waals surface area contributed by atoms with Gasteiger partial charge in [0.1, 0.15) is 5.82 Å². The van der Waals surface area contributed by atoms with Crippen LogP contribution < -0.4 is 10.2 Å². The average Bonchev–Trinajstić information content (AvgIpc) is 2.57. The molecule has 0 radical (unpaired) electrons. The van der Waals surface area contributed by atoms with E-state index in [2.05, 4.69) is 21.2 Å². The Balaban J connectivity index is 1.88. The van der Waals surface area contributed by atoms with E-state index in [-0.39, 0.29) is 30.6 Å². The number of nitrogens with one attached hydrogen (secondary N) is 1. The molecule has 0 spiro atoms. The molecule has 2 aromatic rings. The zero-order chi connectivity index (χ0) is 17.5. The summed E-state index contributed by atoms with van der Waals surface area (Å²) in [4.78, 5) is 25.8. The number of benzene rings is 2. The molecule has 0 aliphatic rings. The van der Waals surface area contributed by atoms with E-state index in [4.69, 9.17) is 0 Å². The van der Waals surface area contributed by atoms with Gasteiger partial charge in [0, 0.05) is 35.2 Å². The lowest BCUT2D eigenvalue weighted by Crippen LogP contribution is -2.34. The lowest BCUT2D eigenvalue weighted by Gasteiger charge is -2.21. The first-order valence-corrected chi connectivity index (χ1v) is 8.40. The van der Waals surface area contributed by atoms with Crippen molar-refractivity contribution in [1.82, 2.24) is 5.32 Å². The van der Waals surface area contributed by atoms with Crippen LogP contribution in [0.3, 0.4) is 0 Å². The number of hydrogen-bond acceptors (Lipinski definition) is 2. The van der Waals surface area contributed by atoms with Crippen molar-refractivity contribution in [3.63, 3.8) is 0 Å². The van der Waals surface area contributed by atoms with Crippen LogP contribution in [0, 0.1) is 5.82 Å². The fourth-order valence-electron chi connectivity index (χ4n) is 2.25. The van der Waals surface area contributed by atoms with E-state index in [1.165, 1.54) is 12.1 Å². The van der Waals surface area contributed by atoms with Gasteiger partial charge in [0.25, 0.3) is 5.91 Å². The molecule has 6 heteroatoms. The largest absolute Gasteiger partial charge is 0.352 e. The molecule has 4 nitrogen and oxygen atoms in total. The number of carbonyl (C=O) groups excluding carboxylic acids is 2. The summed E-state index contributed by atoms with van der Waals surface area (Å²) in [6, 6.07) is 12.8. The summed E-state index contributed by atoms with van der Waals surface area (Å²) in [6.45, 7) is 2.57. The summed E-state index contributed by atoms with van der Waals surface area (Å²) in [5, 5.41) is 2.73. The van der Waals surface area contributed by atoms with Crippen LogP contribution in [0.15, 0.2) is 53.0 Å². The first-order chi connectivity index (χ1) is 11.5. The molecule has 0 aromatic heterocycles. The first kappa shape index (κ1) is 18.1. The molecule has 2 rings (SSSR count). The van der Waals surface area contributed by atoms with E-state index < -0.39 is 0 Å². The number of carbonyl (C=O) groups is 2. The van der Waals surface area contributed by atoms with Gasteiger partial charge in [-0.05, 0) is 55.5 Å². The van der Waals surface area contributed by atoms with Crippen LogP contribution in [0.25, 0.3) is 0 Å². The molecular weight excluding hydrogens is 375 g/mol. The third-order valence-electron chi connectivity index (χ3n) is 3.49. The van der Waals surface area contributed by atoms with Gasteiger partial charge in [-0.15, -0.1) is 0 Å². The molecule has 0 atom stereocenters. The summed E-state index contributed by atoms with van der Waals surface area (Å²) in [6.07, 6.45) is 0.174. The Morgan fingerprint density at radius 1 is 1.08 bits per heavy atom. The molecule has 0 aliphatic carbocycles. The molecule has 24 heavy (non-hydrogen) atoms. The molecule has 0 bridgehead atoms. The van der Waals surface area contributed by atoms with Crippen LogP contribution in [-0.4, -0.2) is 24.9 Å². The molecule has 0 aliphatic heterocycles. The lowest BCUT2D eigenvalue weighted by atomic mass is 10.2. The predicted octanol–water partition coefficient (Wildman–Crippen LogP) is 3.76. The highest BCUT2D eigenvalue weighted by molar-refractivity contribution is 9.10. The van der Waals surface area contributed by atoms with Gasteiger partial charge >= 0.3 is 0 Å². The summed E-state index contributed by atoms with van der Waals surface area (Å²) < 4.78 is 13.9. The van der Waals surface area contributed by atoms with Gasteiger partial charge in [-0.1, -0.05) is 15.9 Å². The standard InChI is InChI=1S/C18H18BrFN2O2/c1-2-22(16-9-7-15(20)8-10-16)17(23)11-12-21-18(24)13-3-5-14(19)6-4-13/h3-10H,2,11-12H2,1H3,(H,21,24). The molecule has 1 N–H and O–H groups in total. The SMILES string of the molecule is CCN(C(=O)CCNC(=O)c1ccc(Br)cc1)c1ccc(F)cc1. The minimum atomic E-state index is -0.344. The highest BCUT2D eigenvalue weighted by Crippen LogP contribution is 2.15. The third kappa shape index (κ3) is 4.89. The maximum atomic E-state index is 13.0. The summed E-state index contributed by atoms with van der Waals surface area (Å²) in [7, 11) is 0. The minimum absolute atomic E-state index is 0.125. The molecule has 0 fully saturated rings. The molecule has 0 unspecified atom stereocenters. The minimum Gasteiger partial charge on any atom is -0.352 e. The van der Waals surface area contributed by atoms with Crippen LogP contribution in [-0.2, 0) is 4.79 Å². The van der Waals surface area contributed by atoms with E-state index >= 15 is 0 Å². The van der Waals surface area contributed by atoms with Crippen molar-refractivity contribution in [3.8, 4) is 0 Å². The molecule has 0 saturated carbocycles. The van der Waals surface area contributed by atoms with Gasteiger partial charge in [-0.25, -0.2) is 4.39 Å². The summed E-state index contributed by atoms with van der Waals surface area (Å²) >= 11 is 3.31. The van der Waals surface area contributed by atoms with E-state index in [9.17, 15) is 14.0 Å². The number of halogens is 2. The van der Waals surface area contributed by atoms with E-state index in [0.29, 0.717) is 17.8 Å².